The third-order valence-corrected chi connectivity index (χ3v) is 4.84. The van der Waals surface area contributed by atoms with Crippen LogP contribution in [0.25, 0.3) is 0 Å². The fourth-order valence-electron chi connectivity index (χ4n) is 3.46. The molecule has 2 heterocycles. The number of hydrogen-bond acceptors (Lipinski definition) is 6. The van der Waals surface area contributed by atoms with E-state index in [1.165, 1.54) is 6.92 Å². The van der Waals surface area contributed by atoms with E-state index in [4.69, 9.17) is 9.47 Å². The molecule has 1 N–H and O–H groups in total. The maximum Gasteiger partial charge on any atom is 0.221 e. The van der Waals surface area contributed by atoms with Gasteiger partial charge in [0, 0.05) is 19.9 Å². The van der Waals surface area contributed by atoms with Crippen LogP contribution in [0, 0.1) is 6.92 Å². The number of anilines is 1. The summed E-state index contributed by atoms with van der Waals surface area (Å²) in [7, 11) is 0. The summed E-state index contributed by atoms with van der Waals surface area (Å²) >= 11 is 0. The number of nitrogens with one attached hydrogen (secondary N) is 1. The molecule has 0 bridgehead atoms. The molecule has 150 valence electrons. The van der Waals surface area contributed by atoms with Gasteiger partial charge in [-0.15, -0.1) is 0 Å². The van der Waals surface area contributed by atoms with Crippen LogP contribution in [0.3, 0.4) is 0 Å². The van der Waals surface area contributed by atoms with Crippen LogP contribution in [0.1, 0.15) is 44.4 Å². The third kappa shape index (κ3) is 4.71. The summed E-state index contributed by atoms with van der Waals surface area (Å²) in [5, 5.41) is 2.89. The first-order valence-corrected chi connectivity index (χ1v) is 9.71. The number of aromatic nitrogens is 2. The van der Waals surface area contributed by atoms with Gasteiger partial charge in [0.05, 0.1) is 24.8 Å². The zero-order chi connectivity index (χ0) is 20.1. The highest BCUT2D eigenvalue weighted by atomic mass is 16.5. The lowest BCUT2D eigenvalue weighted by Gasteiger charge is -2.21. The monoisotopic (exact) mass is 384 g/mol. The van der Waals surface area contributed by atoms with Gasteiger partial charge in [-0.2, -0.15) is 0 Å². The lowest BCUT2D eigenvalue weighted by atomic mass is 10.1. The van der Waals surface area contributed by atoms with Crippen molar-refractivity contribution in [2.45, 2.75) is 46.3 Å². The van der Waals surface area contributed by atoms with Crippen molar-refractivity contribution in [2.75, 3.05) is 24.6 Å². The molecule has 0 unspecified atom stereocenters. The van der Waals surface area contributed by atoms with Crippen molar-refractivity contribution >= 4 is 11.7 Å². The van der Waals surface area contributed by atoms with Crippen LogP contribution in [0.5, 0.6) is 11.6 Å². The van der Waals surface area contributed by atoms with E-state index in [0.29, 0.717) is 12.5 Å². The van der Waals surface area contributed by atoms with E-state index in [1.807, 2.05) is 45.0 Å². The third-order valence-electron chi connectivity index (χ3n) is 4.84. The fraction of sp³-hybridized carbons (Fsp3) is 0.476. The molecule has 1 aromatic heterocycles. The van der Waals surface area contributed by atoms with E-state index in [0.717, 1.165) is 42.2 Å². The quantitative estimate of drug-likeness (QED) is 0.791. The number of benzene rings is 1. The van der Waals surface area contributed by atoms with Gasteiger partial charge in [0.1, 0.15) is 24.0 Å². The molecule has 0 aliphatic carbocycles. The van der Waals surface area contributed by atoms with Gasteiger partial charge < -0.3 is 19.7 Å². The lowest BCUT2D eigenvalue weighted by Crippen LogP contribution is -2.26. The van der Waals surface area contributed by atoms with Crippen molar-refractivity contribution in [3.05, 3.63) is 41.7 Å². The molecule has 2 atom stereocenters. The van der Waals surface area contributed by atoms with Gasteiger partial charge in [-0.3, -0.25) is 4.79 Å². The molecule has 1 fully saturated rings. The molecule has 3 rings (SSSR count). The number of amides is 1. The van der Waals surface area contributed by atoms with Crippen molar-refractivity contribution in [1.82, 2.24) is 15.3 Å². The molecule has 1 aliphatic heterocycles. The molecule has 1 aliphatic rings. The predicted octanol–water partition coefficient (Wildman–Crippen LogP) is 3.04. The average molecular weight is 384 g/mol. The molecular weight excluding hydrogens is 356 g/mol. The number of carbonyl (C=O) groups is 1. The number of nitrogens with zero attached hydrogens (tertiary/aromatic N) is 3. The minimum Gasteiger partial charge on any atom is -0.489 e. The number of hydrogen-bond donors (Lipinski definition) is 1. The van der Waals surface area contributed by atoms with Gasteiger partial charge in [0.15, 0.2) is 0 Å². The first kappa shape index (κ1) is 19.9. The van der Waals surface area contributed by atoms with Gasteiger partial charge in [-0.05, 0) is 38.5 Å². The Bertz CT molecular complexity index is 810. The second-order valence-electron chi connectivity index (χ2n) is 7.03. The largest absolute Gasteiger partial charge is 0.489 e. The smallest absolute Gasteiger partial charge is 0.221 e. The molecule has 28 heavy (non-hydrogen) atoms. The molecule has 1 saturated heterocycles. The minimum atomic E-state index is -0.0358. The first-order chi connectivity index (χ1) is 13.5. The highest BCUT2D eigenvalue weighted by molar-refractivity contribution is 5.73. The summed E-state index contributed by atoms with van der Waals surface area (Å²) in [5.74, 6) is 2.34. The number of ether oxygens (including phenoxy) is 2. The van der Waals surface area contributed by atoms with Crippen LogP contribution >= 0.6 is 0 Å². The normalized spacial score (nSPS) is 17.3. The van der Waals surface area contributed by atoms with Crippen molar-refractivity contribution in [1.29, 1.82) is 0 Å². The number of carbonyl (C=O) groups excluding carboxylic acids is 1. The fourth-order valence-corrected chi connectivity index (χ4v) is 3.46. The standard InChI is InChI=1S/C21H28N4O3/c1-5-27-21-14(2)20(22-13-23-21)25-11-10-19(12-25)28-18-8-6-17(7-9-18)15(3)24-16(4)26/h6-9,13,15,19H,5,10-12H2,1-4H3,(H,24,26)/t15-,19+/m0/s1. The van der Waals surface area contributed by atoms with Crippen LogP contribution in [-0.4, -0.2) is 41.7 Å². The molecule has 0 spiro atoms. The molecule has 7 nitrogen and oxygen atoms in total. The summed E-state index contributed by atoms with van der Waals surface area (Å²) in [6.45, 7) is 9.66. The molecule has 7 heteroatoms. The zero-order valence-electron chi connectivity index (χ0n) is 16.9. The molecule has 1 amide bonds. The van der Waals surface area contributed by atoms with Crippen molar-refractivity contribution in [2.24, 2.45) is 0 Å². The summed E-state index contributed by atoms with van der Waals surface area (Å²) in [5.41, 5.74) is 2.01. The van der Waals surface area contributed by atoms with E-state index in [1.54, 1.807) is 6.33 Å². The van der Waals surface area contributed by atoms with Crippen LogP contribution in [0.15, 0.2) is 30.6 Å². The Hall–Kier alpha value is -2.83. The summed E-state index contributed by atoms with van der Waals surface area (Å²) < 4.78 is 11.7. The van der Waals surface area contributed by atoms with Crippen molar-refractivity contribution in [3.63, 3.8) is 0 Å². The van der Waals surface area contributed by atoms with E-state index >= 15 is 0 Å². The Morgan fingerprint density at radius 1 is 1.32 bits per heavy atom. The van der Waals surface area contributed by atoms with Crippen LogP contribution in [0.2, 0.25) is 0 Å². The predicted molar refractivity (Wildman–Crippen MR) is 108 cm³/mol. The average Bonchev–Trinajstić information content (AvgIpc) is 3.12. The summed E-state index contributed by atoms with van der Waals surface area (Å²) in [6.07, 6.45) is 2.58. The van der Waals surface area contributed by atoms with Crippen LogP contribution in [0.4, 0.5) is 5.82 Å². The van der Waals surface area contributed by atoms with Crippen molar-refractivity contribution < 1.29 is 14.3 Å². The summed E-state index contributed by atoms with van der Waals surface area (Å²) in [6, 6.07) is 7.88. The van der Waals surface area contributed by atoms with Crippen LogP contribution < -0.4 is 19.7 Å². The van der Waals surface area contributed by atoms with E-state index < -0.39 is 0 Å². The van der Waals surface area contributed by atoms with Gasteiger partial charge in [0.2, 0.25) is 11.8 Å². The zero-order valence-corrected chi connectivity index (χ0v) is 16.9. The second kappa shape index (κ2) is 8.91. The highest BCUT2D eigenvalue weighted by Crippen LogP contribution is 2.28. The number of rotatable bonds is 7. The lowest BCUT2D eigenvalue weighted by molar-refractivity contribution is -0.119. The Labute approximate surface area is 166 Å². The Balaban J connectivity index is 1.61. The maximum atomic E-state index is 11.2. The highest BCUT2D eigenvalue weighted by Gasteiger charge is 2.27. The molecule has 1 aromatic carbocycles. The summed E-state index contributed by atoms with van der Waals surface area (Å²) in [4.78, 5) is 22.1. The molecule has 2 aromatic rings. The minimum absolute atomic E-state index is 0.0196. The van der Waals surface area contributed by atoms with Crippen LogP contribution in [-0.2, 0) is 4.79 Å². The second-order valence-corrected chi connectivity index (χ2v) is 7.03. The SMILES string of the molecule is CCOc1ncnc(N2CC[C@@H](Oc3ccc([C@H](C)NC(C)=O)cc3)C2)c1C. The Morgan fingerprint density at radius 2 is 2.07 bits per heavy atom. The van der Waals surface area contributed by atoms with Crippen molar-refractivity contribution in [3.8, 4) is 11.6 Å². The molecular formula is C21H28N4O3. The van der Waals surface area contributed by atoms with Gasteiger partial charge >= 0.3 is 0 Å². The van der Waals surface area contributed by atoms with E-state index in [-0.39, 0.29) is 18.1 Å². The Morgan fingerprint density at radius 3 is 2.75 bits per heavy atom. The first-order valence-electron chi connectivity index (χ1n) is 9.71. The topological polar surface area (TPSA) is 76.6 Å². The van der Waals surface area contributed by atoms with Gasteiger partial charge in [0.25, 0.3) is 0 Å². The maximum absolute atomic E-state index is 11.2. The van der Waals surface area contributed by atoms with E-state index in [2.05, 4.69) is 20.2 Å². The molecule has 0 saturated carbocycles. The van der Waals surface area contributed by atoms with E-state index in [9.17, 15) is 4.79 Å². The Kier molecular flexibility index (Phi) is 6.34. The van der Waals surface area contributed by atoms with Gasteiger partial charge in [-0.25, -0.2) is 9.97 Å². The van der Waals surface area contributed by atoms with Gasteiger partial charge in [-0.1, -0.05) is 12.1 Å². The molecule has 0 radical (unpaired) electrons.